The molecule has 1 unspecified atom stereocenters. The Kier molecular flexibility index (Phi) is 16.6. The number of hydrazine groups is 1. The first-order valence-corrected chi connectivity index (χ1v) is 22.4. The highest BCUT2D eigenvalue weighted by atomic mass is 16.7. The number of Topliss-reactive ketones (excluding diaryl/α,β-unsaturated/α-hetero) is 1. The molecule has 4 heterocycles. The number of hydrogen-bond acceptors (Lipinski definition) is 13. The molecule has 3 aliphatic heterocycles. The fourth-order valence-corrected chi connectivity index (χ4v) is 10.1. The number of aryl methyl sites for hydroxylation is 1. The lowest BCUT2D eigenvalue weighted by Gasteiger charge is -2.48. The number of likely N-dealkylation sites (N-methyl/N-ethyl adjacent to an activating group) is 1. The fourth-order valence-electron chi connectivity index (χ4n) is 10.1. The number of methoxy groups -OCH3 is 1. The Morgan fingerprint density at radius 2 is 1.74 bits per heavy atom. The van der Waals surface area contributed by atoms with Gasteiger partial charge in [0.2, 0.25) is 0 Å². The zero-order chi connectivity index (χ0) is 44.8. The van der Waals surface area contributed by atoms with E-state index in [1.807, 2.05) is 94.1 Å². The van der Waals surface area contributed by atoms with E-state index < -0.39 is 71.5 Å². The summed E-state index contributed by atoms with van der Waals surface area (Å²) in [6.07, 6.45) is 2.11. The van der Waals surface area contributed by atoms with Gasteiger partial charge in [0.1, 0.15) is 18.1 Å². The molecule has 14 atom stereocenters. The topological polar surface area (TPSA) is 166 Å². The number of ether oxygens (including phenoxy) is 5. The van der Waals surface area contributed by atoms with E-state index in [-0.39, 0.29) is 30.0 Å². The highest BCUT2D eigenvalue weighted by molar-refractivity contribution is 6.00. The third-order valence-corrected chi connectivity index (χ3v) is 13.6. The van der Waals surface area contributed by atoms with Crippen LogP contribution in [0.5, 0.6) is 0 Å². The van der Waals surface area contributed by atoms with Crippen molar-refractivity contribution in [3.05, 3.63) is 42.9 Å². The number of cyclic esters (lactones) is 1. The van der Waals surface area contributed by atoms with E-state index in [0.29, 0.717) is 45.3 Å². The number of benzene rings is 1. The van der Waals surface area contributed by atoms with E-state index in [2.05, 4.69) is 36.5 Å². The standard InChI is InChI=1S/C46H74N6O9/c1-13-21-47-37-28(3)25-45(8,57-12)41(60-43-39(54)35(50(10)11)24-29(4)58-43)31(6)38(53)32(7)42(55)59-36(14-2)46(9)40(30(37)5)52(44(56)61-46)49-22-18-23-51-26-34(48-27-51)33-19-16-15-17-20-33/h15-17,19-20,26-32,35-37,39-41,43,47,49,54H,13-14,18,21-25H2,1-12H3/t28-,29-,30-,31+,32-,35+,36+,37?,39-,40-,41-,43+,45+,46-/m1/s1. The minimum Gasteiger partial charge on any atom is -0.458 e. The van der Waals surface area contributed by atoms with Crippen molar-refractivity contribution in [1.82, 2.24) is 30.2 Å². The number of nitrogens with zero attached hydrogens (tertiary/aromatic N) is 4. The smallest absolute Gasteiger partial charge is 0.425 e. The number of carbonyl (C=O) groups is 3. The molecule has 61 heavy (non-hydrogen) atoms. The van der Waals surface area contributed by atoms with Gasteiger partial charge in [0.15, 0.2) is 17.7 Å². The van der Waals surface area contributed by atoms with Crippen molar-refractivity contribution in [2.24, 2.45) is 23.7 Å². The zero-order valence-electron chi connectivity index (χ0n) is 38.6. The third kappa shape index (κ3) is 10.7. The second-order valence-electron chi connectivity index (χ2n) is 18.4. The second kappa shape index (κ2) is 20.8. The van der Waals surface area contributed by atoms with Crippen LogP contribution in [0.1, 0.15) is 94.4 Å². The van der Waals surface area contributed by atoms with E-state index in [4.69, 9.17) is 23.7 Å². The lowest BCUT2D eigenvalue weighted by molar-refractivity contribution is -0.295. The quantitative estimate of drug-likeness (QED) is 0.125. The van der Waals surface area contributed by atoms with Gasteiger partial charge in [-0.25, -0.2) is 20.2 Å². The van der Waals surface area contributed by atoms with Gasteiger partial charge >= 0.3 is 12.1 Å². The predicted octanol–water partition coefficient (Wildman–Crippen LogP) is 5.45. The average molecular weight is 855 g/mol. The van der Waals surface area contributed by atoms with Crippen LogP contribution in [-0.2, 0) is 39.8 Å². The number of ketones is 1. The van der Waals surface area contributed by atoms with Crippen molar-refractivity contribution >= 4 is 17.8 Å². The third-order valence-electron chi connectivity index (χ3n) is 13.6. The number of amides is 1. The summed E-state index contributed by atoms with van der Waals surface area (Å²) in [4.78, 5) is 49.3. The van der Waals surface area contributed by atoms with Gasteiger partial charge in [-0.05, 0) is 92.3 Å². The van der Waals surface area contributed by atoms with Crippen LogP contribution in [0.4, 0.5) is 4.79 Å². The first-order valence-electron chi connectivity index (χ1n) is 22.4. The molecule has 0 aliphatic carbocycles. The van der Waals surface area contributed by atoms with Crippen molar-refractivity contribution in [1.29, 1.82) is 0 Å². The lowest BCUT2D eigenvalue weighted by Crippen LogP contribution is -2.63. The summed E-state index contributed by atoms with van der Waals surface area (Å²) in [6, 6.07) is 8.96. The molecule has 1 amide bonds. The van der Waals surface area contributed by atoms with Crippen LogP contribution in [0.25, 0.3) is 11.3 Å². The molecule has 0 bridgehead atoms. The van der Waals surface area contributed by atoms with E-state index in [0.717, 1.165) is 17.7 Å². The van der Waals surface area contributed by atoms with Crippen LogP contribution in [0, 0.1) is 23.7 Å². The number of imidazole rings is 1. The Morgan fingerprint density at radius 1 is 1.03 bits per heavy atom. The summed E-state index contributed by atoms with van der Waals surface area (Å²) in [5, 5.41) is 17.0. The monoisotopic (exact) mass is 855 g/mol. The summed E-state index contributed by atoms with van der Waals surface area (Å²) in [7, 11) is 5.42. The Labute approximate surface area is 363 Å². The number of fused-ring (bicyclic) bond motifs is 1. The number of nitrogens with one attached hydrogen (secondary N) is 2. The molecule has 15 nitrogen and oxygen atoms in total. The van der Waals surface area contributed by atoms with E-state index in [1.54, 1.807) is 26.0 Å². The second-order valence-corrected chi connectivity index (χ2v) is 18.4. The molecule has 0 radical (unpaired) electrons. The maximum absolute atomic E-state index is 14.5. The number of rotatable bonds is 14. The van der Waals surface area contributed by atoms with E-state index in [9.17, 15) is 19.5 Å². The molecule has 3 saturated heterocycles. The first-order chi connectivity index (χ1) is 28.9. The van der Waals surface area contributed by atoms with Crippen LogP contribution in [0.15, 0.2) is 42.9 Å². The summed E-state index contributed by atoms with van der Waals surface area (Å²) in [5.41, 5.74) is 2.96. The fraction of sp³-hybridized carbons (Fsp3) is 0.739. The number of hydrogen-bond donors (Lipinski definition) is 3. The molecule has 342 valence electrons. The van der Waals surface area contributed by atoms with Gasteiger partial charge in [0, 0.05) is 50.0 Å². The molecule has 3 aliphatic rings. The lowest BCUT2D eigenvalue weighted by atomic mass is 9.71. The number of aliphatic hydroxyl groups is 1. The molecule has 5 rings (SSSR count). The summed E-state index contributed by atoms with van der Waals surface area (Å²) in [5.74, 6) is -3.53. The molecule has 2 aromatic rings. The van der Waals surface area contributed by atoms with Gasteiger partial charge in [-0.15, -0.1) is 0 Å². The molecular weight excluding hydrogens is 781 g/mol. The highest BCUT2D eigenvalue weighted by Crippen LogP contribution is 2.43. The van der Waals surface area contributed by atoms with Crippen molar-refractivity contribution in [2.45, 2.75) is 161 Å². The highest BCUT2D eigenvalue weighted by Gasteiger charge is 2.60. The van der Waals surface area contributed by atoms with E-state index in [1.165, 1.54) is 0 Å². The average Bonchev–Trinajstić information content (AvgIpc) is 3.81. The van der Waals surface area contributed by atoms with Gasteiger partial charge in [0.05, 0.1) is 35.9 Å². The van der Waals surface area contributed by atoms with Crippen LogP contribution < -0.4 is 10.7 Å². The Morgan fingerprint density at radius 3 is 2.38 bits per heavy atom. The van der Waals surface area contributed by atoms with Gasteiger partial charge in [0.25, 0.3) is 0 Å². The summed E-state index contributed by atoms with van der Waals surface area (Å²) < 4.78 is 34.1. The molecular formula is C46H74N6O9. The SMILES string of the molecule is CCCNC1[C@H](C)C[C@](C)(OC)[C@H](O[C@@H]2O[C@H](C)C[C@H](N(C)C)[C@H]2O)[C@@H](C)C(=O)[C@@H](C)C(=O)O[C@@H](CC)[C@@]2(C)OC(=O)N(NCCCn3cnc(-c4ccccc4)c3)[C@@H]2[C@@H]1C. The number of aliphatic hydroxyl groups excluding tert-OH is 1. The Balaban J connectivity index is 1.49. The molecule has 0 saturated carbocycles. The largest absolute Gasteiger partial charge is 0.458 e. The Bertz CT molecular complexity index is 1750. The Hall–Kier alpha value is -3.44. The first kappa shape index (κ1) is 48.6. The summed E-state index contributed by atoms with van der Waals surface area (Å²) >= 11 is 0. The van der Waals surface area contributed by atoms with E-state index >= 15 is 0 Å². The van der Waals surface area contributed by atoms with Crippen molar-refractivity contribution in [3.8, 4) is 11.3 Å². The van der Waals surface area contributed by atoms with Crippen LogP contribution in [-0.4, -0.2) is 137 Å². The normalized spacial score (nSPS) is 36.7. The minimum atomic E-state index is -1.28. The predicted molar refractivity (Wildman–Crippen MR) is 232 cm³/mol. The van der Waals surface area contributed by atoms with Gasteiger partial charge in [-0.2, -0.15) is 0 Å². The van der Waals surface area contributed by atoms with Gasteiger partial charge < -0.3 is 43.6 Å². The van der Waals surface area contributed by atoms with Crippen LogP contribution >= 0.6 is 0 Å². The molecule has 1 aromatic heterocycles. The van der Waals surface area contributed by atoms with Crippen LogP contribution in [0.2, 0.25) is 0 Å². The zero-order valence-corrected chi connectivity index (χ0v) is 38.6. The summed E-state index contributed by atoms with van der Waals surface area (Å²) in [6.45, 7) is 19.1. The maximum Gasteiger partial charge on any atom is 0.425 e. The number of carbonyl (C=O) groups excluding carboxylic acids is 3. The minimum absolute atomic E-state index is 0.115. The molecule has 3 N–H and O–H groups in total. The molecule has 15 heteroatoms. The van der Waals surface area contributed by atoms with Crippen molar-refractivity contribution in [2.75, 3.05) is 34.3 Å². The van der Waals surface area contributed by atoms with Gasteiger partial charge in [-0.1, -0.05) is 65.0 Å². The molecule has 3 fully saturated rings. The van der Waals surface area contributed by atoms with Crippen molar-refractivity contribution in [3.63, 3.8) is 0 Å². The molecule has 0 spiro atoms. The van der Waals surface area contributed by atoms with Crippen molar-refractivity contribution < 1.29 is 43.2 Å². The maximum atomic E-state index is 14.5. The van der Waals surface area contributed by atoms with Gasteiger partial charge in [-0.3, -0.25) is 9.59 Å². The number of aromatic nitrogens is 2. The molecule has 1 aromatic carbocycles. The van der Waals surface area contributed by atoms with Crippen LogP contribution in [0.3, 0.4) is 0 Å². The number of esters is 1.